The van der Waals surface area contributed by atoms with Crippen LogP contribution in [0.5, 0.6) is 0 Å². The van der Waals surface area contributed by atoms with Gasteiger partial charge in [-0.2, -0.15) is 0 Å². The number of ether oxygens (including phenoxy) is 1. The average molecular weight is 427 g/mol. The number of nitrogens with one attached hydrogen (secondary N) is 1. The molecule has 1 aromatic carbocycles. The van der Waals surface area contributed by atoms with E-state index in [2.05, 4.69) is 15.5 Å². The molecule has 5 nitrogen and oxygen atoms in total. The normalized spacial score (nSPS) is 29.6. The molecule has 2 saturated carbocycles. The van der Waals surface area contributed by atoms with Gasteiger partial charge in [-0.3, -0.25) is 0 Å². The summed E-state index contributed by atoms with van der Waals surface area (Å²) in [6, 6.07) is 2.83. The predicted molar refractivity (Wildman–Crippen MR) is 112 cm³/mol. The Bertz CT molecular complexity index is 1000. The Labute approximate surface area is 180 Å². The molecule has 164 valence electrons. The fraction of sp³-hybridized carbons (Fsp3) is 0.583. The van der Waals surface area contributed by atoms with Crippen LogP contribution < -0.4 is 5.32 Å². The second-order valence-electron chi connectivity index (χ2n) is 9.55. The standard InChI is InChI=1S/C24H27F2N3O2/c25-16-9-13(12-5-6-12)10-17(26)22(16)23-15-11-14-7-8-20(31-14)21(15)24(29-28-23)27-18-3-1-2-4-19(18)30/h9-10,12,14,18-20,30H,1-8,11H2,(H,27,29)/t14-,18+,19+,20+/m0/s1. The van der Waals surface area contributed by atoms with Gasteiger partial charge < -0.3 is 15.2 Å². The number of halogens is 2. The van der Waals surface area contributed by atoms with Crippen LogP contribution in [-0.4, -0.2) is 33.6 Å². The fourth-order valence-electron chi connectivity index (χ4n) is 5.57. The van der Waals surface area contributed by atoms with E-state index in [1.54, 1.807) is 0 Å². The van der Waals surface area contributed by atoms with Crippen molar-refractivity contribution >= 4 is 5.82 Å². The van der Waals surface area contributed by atoms with Crippen LogP contribution >= 0.6 is 0 Å². The van der Waals surface area contributed by atoms with Crippen LogP contribution in [0.25, 0.3) is 11.3 Å². The second-order valence-corrected chi connectivity index (χ2v) is 9.55. The highest BCUT2D eigenvalue weighted by Gasteiger charge is 2.40. The van der Waals surface area contributed by atoms with Gasteiger partial charge >= 0.3 is 0 Å². The Balaban J connectivity index is 1.44. The van der Waals surface area contributed by atoms with Gasteiger partial charge in [-0.1, -0.05) is 12.8 Å². The van der Waals surface area contributed by atoms with Gasteiger partial charge in [0.1, 0.15) is 17.3 Å². The Hall–Kier alpha value is -2.12. The van der Waals surface area contributed by atoms with Gasteiger partial charge in [0.2, 0.25) is 0 Å². The number of aliphatic hydroxyl groups is 1. The van der Waals surface area contributed by atoms with E-state index in [0.717, 1.165) is 68.1 Å². The number of aliphatic hydroxyl groups excluding tert-OH is 1. The maximum atomic E-state index is 15.1. The lowest BCUT2D eigenvalue weighted by atomic mass is 9.91. The second kappa shape index (κ2) is 7.48. The Kier molecular flexibility index (Phi) is 4.72. The first-order chi connectivity index (χ1) is 15.1. The summed E-state index contributed by atoms with van der Waals surface area (Å²) >= 11 is 0. The lowest BCUT2D eigenvalue weighted by Crippen LogP contribution is -2.37. The van der Waals surface area contributed by atoms with E-state index in [1.807, 2.05) is 0 Å². The molecule has 0 unspecified atom stereocenters. The van der Waals surface area contributed by atoms with Crippen molar-refractivity contribution in [2.24, 2.45) is 0 Å². The molecule has 2 aliphatic carbocycles. The van der Waals surface area contributed by atoms with Crippen molar-refractivity contribution in [1.29, 1.82) is 0 Å². The minimum Gasteiger partial charge on any atom is -0.391 e. The van der Waals surface area contributed by atoms with Gasteiger partial charge in [-0.15, -0.1) is 10.2 Å². The zero-order valence-electron chi connectivity index (χ0n) is 17.4. The number of fused-ring (bicyclic) bond motifs is 4. The van der Waals surface area contributed by atoms with E-state index in [0.29, 0.717) is 17.9 Å². The summed E-state index contributed by atoms with van der Waals surface area (Å²) in [5, 5.41) is 22.5. The van der Waals surface area contributed by atoms with E-state index in [4.69, 9.17) is 4.74 Å². The van der Waals surface area contributed by atoms with Crippen molar-refractivity contribution < 1.29 is 18.6 Å². The molecule has 2 N–H and O–H groups in total. The Morgan fingerprint density at radius 1 is 0.968 bits per heavy atom. The number of aromatic nitrogens is 2. The highest BCUT2D eigenvalue weighted by atomic mass is 19.1. The van der Waals surface area contributed by atoms with Crippen LogP contribution in [0.3, 0.4) is 0 Å². The molecule has 0 radical (unpaired) electrons. The van der Waals surface area contributed by atoms with Crippen LogP contribution in [0.1, 0.15) is 80.1 Å². The van der Waals surface area contributed by atoms with Gasteiger partial charge in [0, 0.05) is 12.0 Å². The largest absolute Gasteiger partial charge is 0.391 e. The number of rotatable bonds is 4. The molecule has 0 amide bonds. The van der Waals surface area contributed by atoms with Crippen LogP contribution in [0.2, 0.25) is 0 Å². The predicted octanol–water partition coefficient (Wildman–Crippen LogP) is 4.79. The zero-order valence-corrected chi connectivity index (χ0v) is 17.4. The van der Waals surface area contributed by atoms with Gasteiger partial charge in [-0.05, 0) is 67.7 Å². The number of nitrogens with zero attached hydrogens (tertiary/aromatic N) is 2. The number of hydrogen-bond acceptors (Lipinski definition) is 5. The van der Waals surface area contributed by atoms with Gasteiger partial charge in [0.15, 0.2) is 5.82 Å². The fourth-order valence-corrected chi connectivity index (χ4v) is 5.57. The topological polar surface area (TPSA) is 67.3 Å². The van der Waals surface area contributed by atoms with Crippen LogP contribution in [-0.2, 0) is 11.2 Å². The van der Waals surface area contributed by atoms with Crippen LogP contribution in [0.4, 0.5) is 14.6 Å². The molecule has 4 atom stereocenters. The maximum Gasteiger partial charge on any atom is 0.155 e. The lowest BCUT2D eigenvalue weighted by molar-refractivity contribution is 0.0324. The van der Waals surface area contributed by atoms with Gasteiger partial charge in [0.05, 0.1) is 29.9 Å². The molecule has 1 aromatic heterocycles. The molecule has 3 fully saturated rings. The SMILES string of the molecule is O[C@@H]1CCCC[C@H]1Nc1nnc(-c2c(F)cc(C3CC3)cc2F)c2c1[C@H]1CC[C@@H](C2)O1. The first-order valence-corrected chi connectivity index (χ1v) is 11.6. The van der Waals surface area contributed by atoms with E-state index in [9.17, 15) is 5.11 Å². The van der Waals surface area contributed by atoms with E-state index < -0.39 is 17.7 Å². The van der Waals surface area contributed by atoms with E-state index in [-0.39, 0.29) is 29.7 Å². The van der Waals surface area contributed by atoms with Crippen LogP contribution in [0.15, 0.2) is 12.1 Å². The molecule has 2 bridgehead atoms. The molecule has 2 aromatic rings. The molecule has 3 heterocycles. The van der Waals surface area contributed by atoms with Crippen molar-refractivity contribution in [3.8, 4) is 11.3 Å². The monoisotopic (exact) mass is 427 g/mol. The van der Waals surface area contributed by atoms with Gasteiger partial charge in [-0.25, -0.2) is 8.78 Å². The minimum atomic E-state index is -0.569. The van der Waals surface area contributed by atoms with Crippen molar-refractivity contribution in [2.75, 3.05) is 5.32 Å². The third-order valence-electron chi connectivity index (χ3n) is 7.38. The molecule has 31 heavy (non-hydrogen) atoms. The third-order valence-corrected chi connectivity index (χ3v) is 7.38. The minimum absolute atomic E-state index is 0.0467. The smallest absolute Gasteiger partial charge is 0.155 e. The highest BCUT2D eigenvalue weighted by molar-refractivity contribution is 5.70. The molecule has 2 aliphatic heterocycles. The summed E-state index contributed by atoms with van der Waals surface area (Å²) in [7, 11) is 0. The molecular formula is C24H27F2N3O2. The Morgan fingerprint density at radius 2 is 1.74 bits per heavy atom. The van der Waals surface area contributed by atoms with E-state index >= 15 is 8.78 Å². The van der Waals surface area contributed by atoms with E-state index in [1.165, 1.54) is 12.1 Å². The summed E-state index contributed by atoms with van der Waals surface area (Å²) < 4.78 is 36.3. The third kappa shape index (κ3) is 3.42. The molecule has 0 spiro atoms. The number of anilines is 1. The first-order valence-electron chi connectivity index (χ1n) is 11.6. The van der Waals surface area contributed by atoms with Crippen molar-refractivity contribution in [2.45, 2.75) is 88.1 Å². The molecule has 7 heteroatoms. The first kappa shape index (κ1) is 19.6. The van der Waals surface area contributed by atoms with Crippen molar-refractivity contribution in [3.63, 3.8) is 0 Å². The summed E-state index contributed by atoms with van der Waals surface area (Å²) in [5.74, 6) is -0.275. The highest BCUT2D eigenvalue weighted by Crippen LogP contribution is 2.48. The van der Waals surface area contributed by atoms with Crippen molar-refractivity contribution in [1.82, 2.24) is 10.2 Å². The molecule has 1 saturated heterocycles. The summed E-state index contributed by atoms with van der Waals surface area (Å²) in [5.41, 5.74) is 2.63. The summed E-state index contributed by atoms with van der Waals surface area (Å²) in [4.78, 5) is 0. The van der Waals surface area contributed by atoms with Crippen LogP contribution in [0, 0.1) is 11.6 Å². The summed E-state index contributed by atoms with van der Waals surface area (Å²) in [6.07, 6.45) is 7.47. The van der Waals surface area contributed by atoms with Crippen molar-refractivity contribution in [3.05, 3.63) is 40.5 Å². The average Bonchev–Trinajstić information content (AvgIpc) is 3.54. The molecule has 6 rings (SSSR count). The molecular weight excluding hydrogens is 400 g/mol. The molecule has 4 aliphatic rings. The summed E-state index contributed by atoms with van der Waals surface area (Å²) in [6.45, 7) is 0. The maximum absolute atomic E-state index is 15.1. The lowest BCUT2D eigenvalue weighted by Gasteiger charge is -2.32. The number of hydrogen-bond donors (Lipinski definition) is 2. The zero-order chi connectivity index (χ0) is 21.1. The quantitative estimate of drug-likeness (QED) is 0.734. The number of benzene rings is 1. The Morgan fingerprint density at radius 3 is 2.48 bits per heavy atom. The van der Waals surface area contributed by atoms with Gasteiger partial charge in [0.25, 0.3) is 0 Å².